The number of piperidine rings is 1. The molecule has 0 saturated carbocycles. The van der Waals surface area contributed by atoms with Crippen LogP contribution in [0.1, 0.15) is 19.3 Å². The number of aliphatic hydroxyl groups excluding tert-OH is 1. The number of rotatable bonds is 3. The highest BCUT2D eigenvalue weighted by atomic mass is 79.9. The van der Waals surface area contributed by atoms with Crippen molar-refractivity contribution in [1.82, 2.24) is 4.31 Å². The monoisotopic (exact) mass is 348 g/mol. The summed E-state index contributed by atoms with van der Waals surface area (Å²) < 4.78 is 27.3. The zero-order chi connectivity index (χ0) is 14.0. The van der Waals surface area contributed by atoms with Gasteiger partial charge in [-0.05, 0) is 31.0 Å². The first-order chi connectivity index (χ1) is 8.96. The SMILES string of the molecule is Nc1cc(Br)ccc1S(=O)(=O)N1CCCCC1CO. The minimum absolute atomic E-state index is 0.107. The normalized spacial score (nSPS) is 21.5. The summed E-state index contributed by atoms with van der Waals surface area (Å²) in [5.41, 5.74) is 6.02. The Hall–Kier alpha value is -0.630. The Morgan fingerprint density at radius 1 is 1.42 bits per heavy atom. The van der Waals surface area contributed by atoms with Gasteiger partial charge >= 0.3 is 0 Å². The molecule has 1 heterocycles. The summed E-state index contributed by atoms with van der Waals surface area (Å²) in [6, 6.07) is 4.38. The van der Waals surface area contributed by atoms with Gasteiger partial charge in [0.15, 0.2) is 0 Å². The lowest BCUT2D eigenvalue weighted by Gasteiger charge is -2.33. The van der Waals surface area contributed by atoms with Gasteiger partial charge < -0.3 is 10.8 Å². The number of aliphatic hydroxyl groups is 1. The van der Waals surface area contributed by atoms with E-state index in [0.717, 1.165) is 17.3 Å². The molecule has 0 aromatic heterocycles. The highest BCUT2D eigenvalue weighted by Gasteiger charge is 2.34. The topological polar surface area (TPSA) is 83.6 Å². The van der Waals surface area contributed by atoms with E-state index in [9.17, 15) is 13.5 Å². The number of hydrogen-bond acceptors (Lipinski definition) is 4. The van der Waals surface area contributed by atoms with E-state index in [2.05, 4.69) is 15.9 Å². The highest BCUT2D eigenvalue weighted by Crippen LogP contribution is 2.29. The van der Waals surface area contributed by atoms with E-state index in [1.54, 1.807) is 12.1 Å². The van der Waals surface area contributed by atoms with Gasteiger partial charge in [-0.25, -0.2) is 8.42 Å². The van der Waals surface area contributed by atoms with Gasteiger partial charge in [-0.1, -0.05) is 22.4 Å². The molecule has 0 spiro atoms. The number of hydrogen-bond donors (Lipinski definition) is 2. The Balaban J connectivity index is 2.40. The minimum atomic E-state index is -3.64. The van der Waals surface area contributed by atoms with Crippen LogP contribution in [0.2, 0.25) is 0 Å². The molecule has 0 radical (unpaired) electrons. The van der Waals surface area contributed by atoms with Crippen LogP contribution in [0.3, 0.4) is 0 Å². The standard InChI is InChI=1S/C12H17BrN2O3S/c13-9-4-5-12(11(14)7-9)19(17,18)15-6-2-1-3-10(15)8-16/h4-5,7,10,16H,1-3,6,8,14H2. The van der Waals surface area contributed by atoms with Crippen molar-refractivity contribution in [3.63, 3.8) is 0 Å². The van der Waals surface area contributed by atoms with Crippen LogP contribution in [0, 0.1) is 0 Å². The molecule has 1 unspecified atom stereocenters. The van der Waals surface area contributed by atoms with Gasteiger partial charge in [0.2, 0.25) is 10.0 Å². The Morgan fingerprint density at radius 3 is 2.79 bits per heavy atom. The van der Waals surface area contributed by atoms with Crippen LogP contribution < -0.4 is 5.73 Å². The highest BCUT2D eigenvalue weighted by molar-refractivity contribution is 9.10. The zero-order valence-corrected chi connectivity index (χ0v) is 12.8. The largest absolute Gasteiger partial charge is 0.398 e. The molecular formula is C12H17BrN2O3S. The van der Waals surface area contributed by atoms with Crippen LogP contribution in [0.4, 0.5) is 5.69 Å². The van der Waals surface area contributed by atoms with Crippen LogP contribution in [0.15, 0.2) is 27.6 Å². The second kappa shape index (κ2) is 5.78. The van der Waals surface area contributed by atoms with Crippen molar-refractivity contribution in [2.75, 3.05) is 18.9 Å². The predicted octanol–water partition coefficient (Wildman–Crippen LogP) is 1.57. The Bertz CT molecular complexity index is 562. The molecule has 5 nitrogen and oxygen atoms in total. The first-order valence-electron chi connectivity index (χ1n) is 6.14. The van der Waals surface area contributed by atoms with Gasteiger partial charge in [-0.3, -0.25) is 0 Å². The number of sulfonamides is 1. The van der Waals surface area contributed by atoms with E-state index >= 15 is 0 Å². The van der Waals surface area contributed by atoms with Crippen molar-refractivity contribution in [1.29, 1.82) is 0 Å². The van der Waals surface area contributed by atoms with Crippen molar-refractivity contribution in [3.05, 3.63) is 22.7 Å². The molecule has 1 fully saturated rings. The molecule has 2 rings (SSSR count). The summed E-state index contributed by atoms with van der Waals surface area (Å²) in [5.74, 6) is 0. The van der Waals surface area contributed by atoms with E-state index in [1.165, 1.54) is 10.4 Å². The Kier molecular flexibility index (Phi) is 4.50. The summed E-state index contributed by atoms with van der Waals surface area (Å²) in [6.07, 6.45) is 2.44. The van der Waals surface area contributed by atoms with Gasteiger partial charge in [0.1, 0.15) is 4.90 Å². The molecule has 1 aliphatic heterocycles. The fourth-order valence-electron chi connectivity index (χ4n) is 2.35. The Morgan fingerprint density at radius 2 is 2.16 bits per heavy atom. The van der Waals surface area contributed by atoms with E-state index in [0.29, 0.717) is 13.0 Å². The van der Waals surface area contributed by atoms with Gasteiger partial charge in [0.25, 0.3) is 0 Å². The molecule has 7 heteroatoms. The van der Waals surface area contributed by atoms with Crippen molar-refractivity contribution < 1.29 is 13.5 Å². The molecule has 1 saturated heterocycles. The van der Waals surface area contributed by atoms with Gasteiger partial charge in [-0.2, -0.15) is 4.31 Å². The number of benzene rings is 1. The van der Waals surface area contributed by atoms with Crippen LogP contribution >= 0.6 is 15.9 Å². The first-order valence-corrected chi connectivity index (χ1v) is 8.38. The van der Waals surface area contributed by atoms with E-state index in [4.69, 9.17) is 5.73 Å². The zero-order valence-electron chi connectivity index (χ0n) is 10.4. The molecular weight excluding hydrogens is 332 g/mol. The first kappa shape index (κ1) is 14.8. The number of nitrogens with zero attached hydrogens (tertiary/aromatic N) is 1. The molecule has 1 atom stereocenters. The maximum atomic E-state index is 12.6. The maximum Gasteiger partial charge on any atom is 0.245 e. The maximum absolute atomic E-state index is 12.6. The molecule has 1 aliphatic rings. The lowest BCUT2D eigenvalue weighted by molar-refractivity contribution is 0.155. The van der Waals surface area contributed by atoms with Crippen LogP contribution in [0.25, 0.3) is 0 Å². The van der Waals surface area contributed by atoms with Crippen LogP contribution in [0.5, 0.6) is 0 Å². The molecule has 1 aromatic carbocycles. The number of nitrogens with two attached hydrogens (primary N) is 1. The number of nitrogen functional groups attached to an aromatic ring is 1. The summed E-state index contributed by atoms with van der Waals surface area (Å²) in [5, 5.41) is 9.34. The van der Waals surface area contributed by atoms with Crippen molar-refractivity contribution in [3.8, 4) is 0 Å². The third kappa shape index (κ3) is 2.94. The van der Waals surface area contributed by atoms with E-state index < -0.39 is 10.0 Å². The third-order valence-corrected chi connectivity index (χ3v) is 5.86. The summed E-state index contributed by atoms with van der Waals surface area (Å²) in [6.45, 7) is 0.277. The van der Waals surface area contributed by atoms with Gasteiger partial charge in [-0.15, -0.1) is 0 Å². The lowest BCUT2D eigenvalue weighted by Crippen LogP contribution is -2.45. The van der Waals surface area contributed by atoms with Crippen LogP contribution in [-0.4, -0.2) is 37.0 Å². The molecule has 0 aliphatic carbocycles. The number of anilines is 1. The van der Waals surface area contributed by atoms with E-state index in [-0.39, 0.29) is 23.2 Å². The average molecular weight is 349 g/mol. The van der Waals surface area contributed by atoms with Gasteiger partial charge in [0, 0.05) is 17.1 Å². The molecule has 1 aromatic rings. The fourth-order valence-corrected chi connectivity index (χ4v) is 4.52. The Labute approximate surface area is 121 Å². The molecule has 3 N–H and O–H groups in total. The third-order valence-electron chi connectivity index (χ3n) is 3.34. The smallest absolute Gasteiger partial charge is 0.245 e. The minimum Gasteiger partial charge on any atom is -0.398 e. The second-order valence-corrected chi connectivity index (χ2v) is 7.40. The predicted molar refractivity (Wildman–Crippen MR) is 77.2 cm³/mol. The molecule has 19 heavy (non-hydrogen) atoms. The summed E-state index contributed by atoms with van der Waals surface area (Å²) in [7, 11) is -3.64. The van der Waals surface area contributed by atoms with Crippen molar-refractivity contribution in [2.45, 2.75) is 30.2 Å². The lowest BCUT2D eigenvalue weighted by atomic mass is 10.1. The molecule has 0 bridgehead atoms. The summed E-state index contributed by atoms with van der Waals surface area (Å²) in [4.78, 5) is 0.107. The fraction of sp³-hybridized carbons (Fsp3) is 0.500. The average Bonchev–Trinajstić information content (AvgIpc) is 2.38. The quantitative estimate of drug-likeness (QED) is 0.812. The van der Waals surface area contributed by atoms with Crippen molar-refractivity contribution in [2.24, 2.45) is 0 Å². The molecule has 106 valence electrons. The van der Waals surface area contributed by atoms with Gasteiger partial charge in [0.05, 0.1) is 12.3 Å². The second-order valence-electron chi connectivity index (χ2n) is 4.63. The van der Waals surface area contributed by atoms with E-state index in [1.807, 2.05) is 0 Å². The summed E-state index contributed by atoms with van der Waals surface area (Å²) >= 11 is 3.26. The number of halogens is 1. The van der Waals surface area contributed by atoms with Crippen LogP contribution in [-0.2, 0) is 10.0 Å². The molecule has 0 amide bonds. The van der Waals surface area contributed by atoms with Crippen molar-refractivity contribution >= 4 is 31.6 Å².